The SMILES string of the molecule is O=C(Nc1ccc2c(c1)OCO2)N1CCN(CCN2CCOCC2)CC1. The van der Waals surface area contributed by atoms with E-state index in [1.165, 1.54) is 0 Å². The summed E-state index contributed by atoms with van der Waals surface area (Å²) in [6.07, 6.45) is 0. The van der Waals surface area contributed by atoms with Gasteiger partial charge in [-0.1, -0.05) is 0 Å². The molecule has 0 unspecified atom stereocenters. The van der Waals surface area contributed by atoms with E-state index in [4.69, 9.17) is 14.2 Å². The third kappa shape index (κ3) is 4.20. The van der Waals surface area contributed by atoms with E-state index in [2.05, 4.69) is 15.1 Å². The maximum absolute atomic E-state index is 12.5. The standard InChI is InChI=1S/C18H26N4O4/c23-18(19-15-1-2-16-17(13-15)26-14-25-16)22-7-5-20(6-8-22)3-4-21-9-11-24-12-10-21/h1-2,13H,3-12,14H2,(H,19,23). The number of fused-ring (bicyclic) bond motifs is 1. The second kappa shape index (κ2) is 8.11. The number of hydrogen-bond acceptors (Lipinski definition) is 6. The number of benzene rings is 1. The predicted octanol–water partition coefficient (Wildman–Crippen LogP) is 0.897. The third-order valence-electron chi connectivity index (χ3n) is 5.12. The summed E-state index contributed by atoms with van der Waals surface area (Å²) in [5.74, 6) is 1.40. The van der Waals surface area contributed by atoms with Crippen LogP contribution in [0, 0.1) is 0 Å². The molecule has 1 N–H and O–H groups in total. The highest BCUT2D eigenvalue weighted by atomic mass is 16.7. The average molecular weight is 362 g/mol. The van der Waals surface area contributed by atoms with Crippen LogP contribution in [0.25, 0.3) is 0 Å². The van der Waals surface area contributed by atoms with Crippen molar-refractivity contribution in [2.75, 3.05) is 77.7 Å². The molecule has 3 aliphatic heterocycles. The van der Waals surface area contributed by atoms with E-state index in [9.17, 15) is 4.79 Å². The van der Waals surface area contributed by atoms with Crippen molar-refractivity contribution in [3.63, 3.8) is 0 Å². The molecule has 8 heteroatoms. The van der Waals surface area contributed by atoms with Gasteiger partial charge >= 0.3 is 6.03 Å². The van der Waals surface area contributed by atoms with Gasteiger partial charge in [-0.05, 0) is 12.1 Å². The van der Waals surface area contributed by atoms with Gasteiger partial charge in [0.2, 0.25) is 6.79 Å². The van der Waals surface area contributed by atoms with Crippen molar-refractivity contribution in [3.05, 3.63) is 18.2 Å². The zero-order valence-electron chi connectivity index (χ0n) is 15.0. The van der Waals surface area contributed by atoms with Gasteiger partial charge in [-0.3, -0.25) is 9.80 Å². The number of carbonyl (C=O) groups excluding carboxylic acids is 1. The second-order valence-corrected chi connectivity index (χ2v) is 6.78. The minimum absolute atomic E-state index is 0.0586. The number of nitrogens with one attached hydrogen (secondary N) is 1. The lowest BCUT2D eigenvalue weighted by molar-refractivity contribution is 0.0311. The van der Waals surface area contributed by atoms with Crippen LogP contribution in [0.2, 0.25) is 0 Å². The Kier molecular flexibility index (Phi) is 5.42. The highest BCUT2D eigenvalue weighted by Crippen LogP contribution is 2.34. The van der Waals surface area contributed by atoms with Crippen LogP contribution in [0.1, 0.15) is 0 Å². The minimum atomic E-state index is -0.0586. The van der Waals surface area contributed by atoms with Crippen molar-refractivity contribution in [1.29, 1.82) is 0 Å². The van der Waals surface area contributed by atoms with E-state index in [0.717, 1.165) is 77.0 Å². The van der Waals surface area contributed by atoms with Gasteiger partial charge in [-0.25, -0.2) is 4.79 Å². The number of nitrogens with zero attached hydrogens (tertiary/aromatic N) is 3. The van der Waals surface area contributed by atoms with Crippen molar-refractivity contribution in [3.8, 4) is 11.5 Å². The van der Waals surface area contributed by atoms with E-state index in [0.29, 0.717) is 5.75 Å². The first-order valence-electron chi connectivity index (χ1n) is 9.26. The number of ether oxygens (including phenoxy) is 3. The van der Waals surface area contributed by atoms with Crippen LogP contribution >= 0.6 is 0 Å². The maximum Gasteiger partial charge on any atom is 0.321 e. The Morgan fingerprint density at radius 1 is 0.923 bits per heavy atom. The summed E-state index contributed by atoms with van der Waals surface area (Å²) in [4.78, 5) is 19.2. The molecule has 4 rings (SSSR count). The smallest absolute Gasteiger partial charge is 0.321 e. The third-order valence-corrected chi connectivity index (χ3v) is 5.12. The molecule has 0 saturated carbocycles. The number of carbonyl (C=O) groups is 1. The molecule has 2 saturated heterocycles. The van der Waals surface area contributed by atoms with E-state index < -0.39 is 0 Å². The van der Waals surface area contributed by atoms with Crippen LogP contribution in [0.5, 0.6) is 11.5 Å². The molecule has 142 valence electrons. The summed E-state index contributed by atoms with van der Waals surface area (Å²) < 4.78 is 16.0. The summed E-state index contributed by atoms with van der Waals surface area (Å²) in [7, 11) is 0. The van der Waals surface area contributed by atoms with Gasteiger partial charge in [0.05, 0.1) is 13.2 Å². The van der Waals surface area contributed by atoms with Gasteiger partial charge in [0.15, 0.2) is 11.5 Å². The monoisotopic (exact) mass is 362 g/mol. The summed E-state index contributed by atoms with van der Waals surface area (Å²) in [5, 5.41) is 2.95. The molecule has 0 aromatic heterocycles. The molecular formula is C18H26N4O4. The molecule has 0 atom stereocenters. The number of morpholine rings is 1. The number of rotatable bonds is 4. The van der Waals surface area contributed by atoms with E-state index in [-0.39, 0.29) is 12.8 Å². The van der Waals surface area contributed by atoms with Crippen molar-refractivity contribution in [1.82, 2.24) is 14.7 Å². The van der Waals surface area contributed by atoms with Gasteiger partial charge in [0, 0.05) is 64.1 Å². The topological polar surface area (TPSA) is 66.5 Å². The van der Waals surface area contributed by atoms with Gasteiger partial charge in [0.25, 0.3) is 0 Å². The lowest BCUT2D eigenvalue weighted by Gasteiger charge is -2.36. The Morgan fingerprint density at radius 2 is 1.62 bits per heavy atom. The second-order valence-electron chi connectivity index (χ2n) is 6.78. The molecule has 1 aromatic carbocycles. The number of hydrogen-bond donors (Lipinski definition) is 1. The molecule has 0 radical (unpaired) electrons. The summed E-state index contributed by atoms with van der Waals surface area (Å²) in [6, 6.07) is 5.40. The fraction of sp³-hybridized carbons (Fsp3) is 0.611. The molecule has 0 aliphatic carbocycles. The van der Waals surface area contributed by atoms with Crippen molar-refractivity contribution in [2.45, 2.75) is 0 Å². The van der Waals surface area contributed by atoms with Crippen molar-refractivity contribution < 1.29 is 19.0 Å². The van der Waals surface area contributed by atoms with E-state index in [1.807, 2.05) is 17.0 Å². The quantitative estimate of drug-likeness (QED) is 0.858. The Hall–Kier alpha value is -2.03. The number of urea groups is 1. The Morgan fingerprint density at radius 3 is 2.38 bits per heavy atom. The number of anilines is 1. The first-order valence-corrected chi connectivity index (χ1v) is 9.26. The predicted molar refractivity (Wildman–Crippen MR) is 96.9 cm³/mol. The molecule has 0 bridgehead atoms. The van der Waals surface area contributed by atoms with E-state index in [1.54, 1.807) is 6.07 Å². The molecule has 2 amide bonds. The lowest BCUT2D eigenvalue weighted by Crippen LogP contribution is -2.51. The van der Waals surface area contributed by atoms with Crippen molar-refractivity contribution >= 4 is 11.7 Å². The van der Waals surface area contributed by atoms with Gasteiger partial charge in [-0.2, -0.15) is 0 Å². The summed E-state index contributed by atoms with van der Waals surface area (Å²) in [5.41, 5.74) is 0.731. The maximum atomic E-state index is 12.5. The molecule has 1 aromatic rings. The Labute approximate surface area is 153 Å². The van der Waals surface area contributed by atoms with Crippen LogP contribution in [0.15, 0.2) is 18.2 Å². The molecule has 2 fully saturated rings. The number of amides is 2. The highest BCUT2D eigenvalue weighted by molar-refractivity contribution is 5.89. The Balaban J connectivity index is 1.21. The van der Waals surface area contributed by atoms with Gasteiger partial charge < -0.3 is 24.4 Å². The molecule has 0 spiro atoms. The molecule has 3 aliphatic rings. The van der Waals surface area contributed by atoms with Gasteiger partial charge in [0.1, 0.15) is 0 Å². The van der Waals surface area contributed by atoms with E-state index >= 15 is 0 Å². The molecule has 8 nitrogen and oxygen atoms in total. The molecule has 26 heavy (non-hydrogen) atoms. The van der Waals surface area contributed by atoms with Crippen LogP contribution in [-0.2, 0) is 4.74 Å². The van der Waals surface area contributed by atoms with Crippen LogP contribution in [0.4, 0.5) is 10.5 Å². The fourth-order valence-electron chi connectivity index (χ4n) is 3.46. The summed E-state index contributed by atoms with van der Waals surface area (Å²) >= 11 is 0. The number of piperazine rings is 1. The summed E-state index contributed by atoms with van der Waals surface area (Å²) in [6.45, 7) is 9.43. The first-order chi connectivity index (χ1) is 12.8. The van der Waals surface area contributed by atoms with Crippen LogP contribution in [0.3, 0.4) is 0 Å². The first kappa shape index (κ1) is 17.4. The normalized spacial score (nSPS) is 21.0. The lowest BCUT2D eigenvalue weighted by atomic mass is 10.2. The Bertz CT molecular complexity index is 628. The van der Waals surface area contributed by atoms with Crippen LogP contribution in [-0.4, -0.2) is 93.1 Å². The largest absolute Gasteiger partial charge is 0.454 e. The fourth-order valence-corrected chi connectivity index (χ4v) is 3.46. The zero-order valence-corrected chi connectivity index (χ0v) is 15.0. The van der Waals surface area contributed by atoms with Crippen LogP contribution < -0.4 is 14.8 Å². The molecular weight excluding hydrogens is 336 g/mol. The zero-order chi connectivity index (χ0) is 17.8. The molecule has 3 heterocycles. The minimum Gasteiger partial charge on any atom is -0.454 e. The highest BCUT2D eigenvalue weighted by Gasteiger charge is 2.22. The van der Waals surface area contributed by atoms with Crippen molar-refractivity contribution in [2.24, 2.45) is 0 Å². The average Bonchev–Trinajstić information content (AvgIpc) is 3.15. The van der Waals surface area contributed by atoms with Gasteiger partial charge in [-0.15, -0.1) is 0 Å².